The van der Waals surface area contributed by atoms with Crippen molar-refractivity contribution in [1.82, 2.24) is 0 Å². The fraction of sp³-hybridized carbons (Fsp3) is 0.827. The molecule has 0 fully saturated rings. The molecule has 0 aliphatic carbocycles. The fourth-order valence-corrected chi connectivity index (χ4v) is 7.63. The molecule has 0 spiro atoms. The first-order chi connectivity index (χ1) is 29.6. The zero-order valence-corrected chi connectivity index (χ0v) is 41.5. The van der Waals surface area contributed by atoms with Crippen molar-refractivity contribution in [3.05, 3.63) is 48.6 Å². The monoisotopic (exact) mass is 880 g/mol. The Morgan fingerprint density at radius 3 is 1.36 bits per heavy atom. The highest BCUT2D eigenvalue weighted by molar-refractivity contribution is 7.45. The molecule has 0 aromatic carbocycles. The summed E-state index contributed by atoms with van der Waals surface area (Å²) in [7, 11) is 1.35. The molecule has 2 unspecified atom stereocenters. The van der Waals surface area contributed by atoms with Crippen molar-refractivity contribution in [2.24, 2.45) is 0 Å². The predicted molar refractivity (Wildman–Crippen MR) is 259 cm³/mol. The molecule has 358 valence electrons. The van der Waals surface area contributed by atoms with Gasteiger partial charge in [-0.2, -0.15) is 0 Å². The molecule has 0 aliphatic rings. The van der Waals surface area contributed by atoms with Crippen LogP contribution in [0.2, 0.25) is 0 Å². The first-order valence-electron chi connectivity index (χ1n) is 25.4. The van der Waals surface area contributed by atoms with Gasteiger partial charge in [-0.3, -0.25) is 9.36 Å². The normalized spacial score (nSPS) is 14.0. The molecule has 0 saturated heterocycles. The fourth-order valence-electron chi connectivity index (χ4n) is 6.90. The molecule has 8 nitrogen and oxygen atoms in total. The number of likely N-dealkylation sites (N-methyl/N-ethyl adjacent to an activating group) is 1. The molecule has 61 heavy (non-hydrogen) atoms. The van der Waals surface area contributed by atoms with Gasteiger partial charge in [0.05, 0.1) is 34.4 Å². The van der Waals surface area contributed by atoms with E-state index in [-0.39, 0.29) is 25.8 Å². The summed E-state index contributed by atoms with van der Waals surface area (Å²) in [5, 5.41) is 0. The van der Waals surface area contributed by atoms with Crippen LogP contribution in [0.25, 0.3) is 0 Å². The van der Waals surface area contributed by atoms with Crippen molar-refractivity contribution in [2.75, 3.05) is 54.1 Å². The van der Waals surface area contributed by atoms with E-state index in [1.54, 1.807) is 0 Å². The molecule has 0 aromatic heterocycles. The van der Waals surface area contributed by atoms with Crippen molar-refractivity contribution in [1.29, 1.82) is 0 Å². The Morgan fingerprint density at radius 1 is 0.508 bits per heavy atom. The quantitative estimate of drug-likeness (QED) is 0.0198. The minimum Gasteiger partial charge on any atom is -0.756 e. The molecule has 0 aromatic rings. The minimum atomic E-state index is -4.53. The van der Waals surface area contributed by atoms with Crippen LogP contribution in [0.5, 0.6) is 0 Å². The maximum absolute atomic E-state index is 12.7. The molecular formula is C52H98NO7P. The van der Waals surface area contributed by atoms with E-state index in [2.05, 4.69) is 62.5 Å². The number of hydrogen-bond acceptors (Lipinski definition) is 7. The average molecular weight is 880 g/mol. The number of ether oxygens (including phenoxy) is 2. The maximum Gasteiger partial charge on any atom is 0.306 e. The van der Waals surface area contributed by atoms with Crippen LogP contribution in [-0.2, 0) is 27.9 Å². The lowest BCUT2D eigenvalue weighted by Gasteiger charge is -2.28. The van der Waals surface area contributed by atoms with Crippen molar-refractivity contribution >= 4 is 13.8 Å². The van der Waals surface area contributed by atoms with Gasteiger partial charge in [-0.1, -0.05) is 184 Å². The van der Waals surface area contributed by atoms with E-state index in [1.165, 1.54) is 135 Å². The third-order valence-corrected chi connectivity index (χ3v) is 11.8. The summed E-state index contributed by atoms with van der Waals surface area (Å²) in [6, 6.07) is 0. The number of carbonyl (C=O) groups excluding carboxylic acids is 1. The van der Waals surface area contributed by atoms with Gasteiger partial charge in [-0.25, -0.2) is 0 Å². The second kappa shape index (κ2) is 45.0. The number of phosphoric acid groups is 1. The number of nitrogens with zero attached hydrogens (tertiary/aromatic N) is 1. The molecule has 0 rings (SSSR count). The Kier molecular flexibility index (Phi) is 43.9. The van der Waals surface area contributed by atoms with Gasteiger partial charge in [0.1, 0.15) is 19.3 Å². The van der Waals surface area contributed by atoms with Crippen LogP contribution < -0.4 is 4.89 Å². The summed E-state index contributed by atoms with van der Waals surface area (Å²) in [4.78, 5) is 25.1. The van der Waals surface area contributed by atoms with Crippen molar-refractivity contribution in [3.8, 4) is 0 Å². The van der Waals surface area contributed by atoms with Crippen LogP contribution >= 0.6 is 7.82 Å². The summed E-state index contributed by atoms with van der Waals surface area (Å²) in [6.07, 6.45) is 55.6. The largest absolute Gasteiger partial charge is 0.756 e. The molecular weight excluding hydrogens is 782 g/mol. The summed E-state index contributed by atoms with van der Waals surface area (Å²) in [5.41, 5.74) is 0. The Hall–Kier alpha value is -1.54. The molecule has 0 amide bonds. The van der Waals surface area contributed by atoms with E-state index < -0.39 is 13.9 Å². The molecule has 0 radical (unpaired) electrons. The molecule has 0 heterocycles. The second-order valence-electron chi connectivity index (χ2n) is 18.2. The topological polar surface area (TPSA) is 94.1 Å². The van der Waals surface area contributed by atoms with Gasteiger partial charge in [0.2, 0.25) is 0 Å². The second-order valence-corrected chi connectivity index (χ2v) is 19.6. The first kappa shape index (κ1) is 59.5. The van der Waals surface area contributed by atoms with Gasteiger partial charge in [-0.15, -0.1) is 0 Å². The standard InChI is InChI=1S/C52H98NO7P/c1-6-8-10-12-14-16-18-20-22-23-24-25-26-27-28-29-30-32-34-36-38-40-42-44-47-57-49-51(50-59-61(55,56)58-48-46-53(3,4)5)60-52(54)45-43-41-39-37-35-33-31-21-19-17-15-13-11-9-7-2/h15,17-18,20-21,23-24,31,51H,6-14,16,19,22,25-30,32-50H2,1-5H3/b17-15-,20-18-,24-23-,31-21-. The Morgan fingerprint density at radius 2 is 0.902 bits per heavy atom. The smallest absolute Gasteiger partial charge is 0.306 e. The number of hydrogen-bond donors (Lipinski definition) is 0. The maximum atomic E-state index is 12.7. The lowest BCUT2D eigenvalue weighted by molar-refractivity contribution is -0.870. The summed E-state index contributed by atoms with van der Waals surface area (Å²) >= 11 is 0. The Bertz CT molecular complexity index is 1120. The van der Waals surface area contributed by atoms with Crippen LogP contribution in [0.3, 0.4) is 0 Å². The molecule has 0 bridgehead atoms. The molecule has 9 heteroatoms. The third-order valence-electron chi connectivity index (χ3n) is 10.9. The van der Waals surface area contributed by atoms with Crippen molar-refractivity contribution in [2.45, 2.75) is 225 Å². The number of rotatable bonds is 47. The van der Waals surface area contributed by atoms with Crippen molar-refractivity contribution in [3.63, 3.8) is 0 Å². The van der Waals surface area contributed by atoms with Crippen LogP contribution in [0.15, 0.2) is 48.6 Å². The van der Waals surface area contributed by atoms with Gasteiger partial charge < -0.3 is 27.9 Å². The number of carbonyl (C=O) groups is 1. The highest BCUT2D eigenvalue weighted by atomic mass is 31.2. The number of quaternary nitrogens is 1. The summed E-state index contributed by atoms with van der Waals surface area (Å²) in [6.45, 7) is 5.37. The SMILES string of the molecule is CCCCC/C=C\C/C=C\CCCCCCCC(=O)OC(COCCCCCCCCCCCCCC/C=C\C/C=C\CCCCCCC)COP(=O)([O-])OCC[N+](C)(C)C. The van der Waals surface area contributed by atoms with E-state index in [9.17, 15) is 14.3 Å². The van der Waals surface area contributed by atoms with Gasteiger partial charge >= 0.3 is 5.97 Å². The predicted octanol–water partition coefficient (Wildman–Crippen LogP) is 14.9. The van der Waals surface area contributed by atoms with Crippen LogP contribution in [-0.4, -0.2) is 70.7 Å². The minimum absolute atomic E-state index is 0.0222. The van der Waals surface area contributed by atoms with Gasteiger partial charge in [-0.05, 0) is 77.0 Å². The zero-order chi connectivity index (χ0) is 44.8. The van der Waals surface area contributed by atoms with E-state index in [0.29, 0.717) is 24.1 Å². The van der Waals surface area contributed by atoms with Gasteiger partial charge in [0, 0.05) is 13.0 Å². The van der Waals surface area contributed by atoms with Gasteiger partial charge in [0.15, 0.2) is 0 Å². The number of esters is 1. The highest BCUT2D eigenvalue weighted by Crippen LogP contribution is 2.38. The van der Waals surface area contributed by atoms with Crippen molar-refractivity contribution < 1.29 is 37.3 Å². The van der Waals surface area contributed by atoms with Crippen LogP contribution in [0.4, 0.5) is 0 Å². The summed E-state index contributed by atoms with van der Waals surface area (Å²) < 4.78 is 34.7. The molecule has 0 aliphatic heterocycles. The van der Waals surface area contributed by atoms with Crippen LogP contribution in [0.1, 0.15) is 219 Å². The Balaban J connectivity index is 4.12. The van der Waals surface area contributed by atoms with E-state index in [4.69, 9.17) is 18.5 Å². The number of phosphoric ester groups is 1. The molecule has 2 atom stereocenters. The number of allylic oxidation sites excluding steroid dienone is 8. The molecule has 0 N–H and O–H groups in total. The zero-order valence-electron chi connectivity index (χ0n) is 40.6. The molecule has 0 saturated carbocycles. The average Bonchev–Trinajstić information content (AvgIpc) is 3.22. The van der Waals surface area contributed by atoms with Gasteiger partial charge in [0.25, 0.3) is 7.82 Å². The highest BCUT2D eigenvalue weighted by Gasteiger charge is 2.20. The van der Waals surface area contributed by atoms with Crippen LogP contribution in [0, 0.1) is 0 Å². The lowest BCUT2D eigenvalue weighted by atomic mass is 10.0. The number of unbranched alkanes of at least 4 members (excludes halogenated alkanes) is 25. The lowest BCUT2D eigenvalue weighted by Crippen LogP contribution is -2.37. The third kappa shape index (κ3) is 49.3. The Labute approximate surface area is 378 Å². The first-order valence-corrected chi connectivity index (χ1v) is 26.8. The van der Waals surface area contributed by atoms with E-state index >= 15 is 0 Å². The summed E-state index contributed by atoms with van der Waals surface area (Å²) in [5.74, 6) is -0.347. The van der Waals surface area contributed by atoms with E-state index in [0.717, 1.165) is 64.2 Å². The van der Waals surface area contributed by atoms with E-state index in [1.807, 2.05) is 21.1 Å².